The second kappa shape index (κ2) is 65.0. The summed E-state index contributed by atoms with van der Waals surface area (Å²) in [6, 6.07) is -3.84. The lowest BCUT2D eigenvalue weighted by Gasteiger charge is -2.46. The van der Waals surface area contributed by atoms with Crippen LogP contribution in [0.3, 0.4) is 0 Å². The fraction of sp³-hybridized carbons (Fsp3) is 0.753. The summed E-state index contributed by atoms with van der Waals surface area (Å²) in [5.41, 5.74) is 1.02. The number of ether oxygens (including phenoxy) is 15. The van der Waals surface area contributed by atoms with Gasteiger partial charge in [0.2, 0.25) is 80.1 Å². The smallest absolute Gasteiger partial charge is 0.346 e. The molecule has 2 aliphatic heterocycles. The molecule has 3 aromatic rings. The number of unbranched alkanes of at least 4 members (excludes halogenated alkanes) is 1. The molecule has 0 aliphatic carbocycles. The molecule has 2 fully saturated rings. The van der Waals surface area contributed by atoms with E-state index in [0.717, 1.165) is 23.5 Å². The van der Waals surface area contributed by atoms with Crippen LogP contribution in [-0.2, 0) is 136 Å². The monoisotopic (exact) mass is 1950 g/mol. The van der Waals surface area contributed by atoms with Crippen LogP contribution >= 0.6 is 23.5 Å². The van der Waals surface area contributed by atoms with Crippen molar-refractivity contribution in [3.05, 3.63) is 52.9 Å². The highest BCUT2D eigenvalue weighted by Gasteiger charge is 2.57. The first kappa shape index (κ1) is 115. The van der Waals surface area contributed by atoms with E-state index >= 15 is 0 Å². The van der Waals surface area contributed by atoms with Crippen molar-refractivity contribution < 1.29 is 197 Å². The first-order valence-electron chi connectivity index (χ1n) is 42.2. The van der Waals surface area contributed by atoms with Gasteiger partial charge in [0.15, 0.2) is 0 Å². The molecule has 132 heavy (non-hydrogen) atoms. The van der Waals surface area contributed by atoms with Crippen molar-refractivity contribution in [2.75, 3.05) is 203 Å². The van der Waals surface area contributed by atoms with E-state index in [1.54, 1.807) is 21.8 Å². The minimum Gasteiger partial charge on any atom is -0.478 e. The number of rotatable bonds is 75. The van der Waals surface area contributed by atoms with Crippen molar-refractivity contribution in [1.29, 1.82) is 0 Å². The Morgan fingerprint density at radius 1 is 0.447 bits per heavy atom. The van der Waals surface area contributed by atoms with E-state index < -0.39 is 199 Å². The number of carbonyl (C=O) groups is 9. The van der Waals surface area contributed by atoms with Crippen molar-refractivity contribution in [2.24, 2.45) is 0 Å². The molecular weight excluding hydrogens is 1830 g/mol. The first-order chi connectivity index (χ1) is 63.4. The predicted octanol–water partition coefficient (Wildman–Crippen LogP) is -6.27. The van der Waals surface area contributed by atoms with Crippen LogP contribution in [-0.4, -0.2) is 424 Å². The van der Waals surface area contributed by atoms with Gasteiger partial charge in [0.25, 0.3) is 0 Å². The number of carboxylic acids is 2. The molecule has 18 N–H and O–H groups in total. The van der Waals surface area contributed by atoms with Crippen molar-refractivity contribution in [2.45, 2.75) is 167 Å². The highest BCUT2D eigenvalue weighted by Crippen LogP contribution is 2.42. The fourth-order valence-corrected chi connectivity index (χ4v) is 14.5. The van der Waals surface area contributed by atoms with E-state index in [9.17, 15) is 126 Å². The molecule has 0 radical (unpaired) electrons. The van der Waals surface area contributed by atoms with E-state index in [1.165, 1.54) is 0 Å². The quantitative estimate of drug-likeness (QED) is 0.00624. The van der Waals surface area contributed by atoms with Crippen LogP contribution in [0.2, 0.25) is 0 Å². The Morgan fingerprint density at radius 2 is 0.826 bits per heavy atom. The SMILES string of the molecule is O=C(CCOCCOCCn1cc(COCCOCCS[C@]2(C(=O)O)C[C@H](O)[C@@H](NC(=O)CO)[C@H]([C@H](O)[C@H](O)CO)O2)nn1)NCCCC[C@H](NC(=O)CCCNC(=O)CCOCCOCCn1cc(COCCOCCS[C@]2(C(=O)O)C[C@H](O)[C@@H](NC(=O)CO)[C@H]([C@H](O)[C@H](O)CO)O2)nn1)C(=O)NCCOCCOCCOCCOCCC(=O)Oc1c(F)c(F)c(F)c(F)c1F. The van der Waals surface area contributed by atoms with E-state index in [2.05, 4.69) is 57.3 Å². The molecule has 13 atom stereocenters. The molecule has 2 aliphatic rings. The number of halogens is 5. The standard InChI is InChI=1S/C77H121F5N12O36S2/c78-61-62(79)64(81)70(65(82)63(61)80)128-60(108)8-16-118-22-26-122-28-29-123-27-23-119-17-11-85-73(111)50(4-1-2-9-83-55(103)6-14-116-20-24-120-18-12-93-40-48(89-91-93)46-126-32-30-124-34-36-131-76(74(112)113)38-51(99)66(87-58(106)44-97)71(129-76)68(109)53(101)42-95)86-57(105)5-3-10-84-56(104)7-15-117-21-25-121-19-13-94-41-49(90-92-94)47-127-33-31-125-35-37-132-77(75(114)115)39-52(100)67(88-59(107)45-98)72(130-77)69(110)54(102)43-96/h40-41,50-54,66-69,71-72,95-102,109-110H,1-39,42-47H2,(H,83,103)(H,84,104)(H,85,111)(H,86,105)(H,87,106)(H,88,107)(H,112,113)(H,114,115)/t50-,51-,52-,53+,54+,66+,67+,68+,69+,71+,72+,76-,77-/m0/s1. The second-order valence-corrected chi connectivity index (χ2v) is 31.7. The number of nitrogens with one attached hydrogen (secondary N) is 6. The lowest BCUT2D eigenvalue weighted by atomic mass is 9.89. The maximum Gasteiger partial charge on any atom is 0.346 e. The number of amides is 6. The highest BCUT2D eigenvalue weighted by molar-refractivity contribution is 8.01. The number of aromatic nitrogens is 6. The minimum atomic E-state index is -2.40. The molecule has 4 heterocycles. The summed E-state index contributed by atoms with van der Waals surface area (Å²) in [4.78, 5) is 108. The molecule has 0 saturated carbocycles. The Hall–Kier alpha value is -7.88. The van der Waals surface area contributed by atoms with Crippen molar-refractivity contribution in [1.82, 2.24) is 61.9 Å². The third-order valence-electron chi connectivity index (χ3n) is 19.0. The van der Waals surface area contributed by atoms with Gasteiger partial charge in [-0.3, -0.25) is 33.6 Å². The molecular formula is C77H121F5N12O36S2. The van der Waals surface area contributed by atoms with E-state index in [-0.39, 0.29) is 234 Å². The number of thioether (sulfide) groups is 2. The number of nitrogens with zero attached hydrogens (tertiary/aromatic N) is 6. The van der Waals surface area contributed by atoms with Crippen LogP contribution in [0.1, 0.15) is 75.6 Å². The number of esters is 1. The molecule has 0 unspecified atom stereocenters. The Balaban J connectivity index is 0.904. The number of aliphatic carboxylic acids is 2. The van der Waals surface area contributed by atoms with Crippen LogP contribution in [0, 0.1) is 29.1 Å². The molecule has 752 valence electrons. The lowest BCUT2D eigenvalue weighted by Crippen LogP contribution is -2.66. The van der Waals surface area contributed by atoms with Gasteiger partial charge in [0.05, 0.1) is 228 Å². The van der Waals surface area contributed by atoms with Crippen LogP contribution in [0.25, 0.3) is 0 Å². The number of carbonyl (C=O) groups excluding carboxylic acids is 7. The molecule has 48 nitrogen and oxygen atoms in total. The second-order valence-electron chi connectivity index (χ2n) is 29.0. The Bertz CT molecular complexity index is 3860. The molecule has 6 amide bonds. The van der Waals surface area contributed by atoms with Crippen LogP contribution < -0.4 is 36.6 Å². The van der Waals surface area contributed by atoms with Gasteiger partial charge in [-0.25, -0.2) is 32.1 Å². The first-order valence-corrected chi connectivity index (χ1v) is 44.1. The number of hydrogen-bond donors (Lipinski definition) is 18. The minimum absolute atomic E-state index is 0.00509. The molecule has 0 spiro atoms. The zero-order valence-electron chi connectivity index (χ0n) is 72.4. The highest BCUT2D eigenvalue weighted by atomic mass is 32.2. The number of aliphatic hydroxyl groups excluding tert-OH is 10. The van der Waals surface area contributed by atoms with Crippen LogP contribution in [0.4, 0.5) is 22.0 Å². The Labute approximate surface area is 762 Å². The molecule has 5 rings (SSSR count). The van der Waals surface area contributed by atoms with Gasteiger partial charge in [-0.1, -0.05) is 10.4 Å². The number of benzene rings is 1. The van der Waals surface area contributed by atoms with Gasteiger partial charge in [-0.05, 0) is 25.7 Å². The maximum atomic E-state index is 13.8. The summed E-state index contributed by atoms with van der Waals surface area (Å²) < 4.78 is 153. The van der Waals surface area contributed by atoms with Crippen molar-refractivity contribution in [3.8, 4) is 5.75 Å². The van der Waals surface area contributed by atoms with Crippen LogP contribution in [0.5, 0.6) is 5.75 Å². The Kier molecular flexibility index (Phi) is 56.4. The van der Waals surface area contributed by atoms with Crippen molar-refractivity contribution >= 4 is 76.9 Å². The van der Waals surface area contributed by atoms with E-state index in [1.807, 2.05) is 0 Å². The van der Waals surface area contributed by atoms with E-state index in [4.69, 9.17) is 66.3 Å². The molecule has 0 bridgehead atoms. The number of carboxylic acid groups (broad SMARTS) is 2. The zero-order chi connectivity index (χ0) is 96.6. The van der Waals surface area contributed by atoms with Gasteiger partial charge in [0, 0.05) is 63.2 Å². The summed E-state index contributed by atoms with van der Waals surface area (Å²) in [6.45, 7) is -0.316. The van der Waals surface area contributed by atoms with Gasteiger partial charge >= 0.3 is 17.9 Å². The van der Waals surface area contributed by atoms with Gasteiger partial charge in [-0.2, -0.15) is 8.78 Å². The summed E-state index contributed by atoms with van der Waals surface area (Å²) in [5.74, 6) is -21.0. The van der Waals surface area contributed by atoms with Crippen molar-refractivity contribution in [3.63, 3.8) is 0 Å². The molecule has 55 heteroatoms. The topological polar surface area (TPSA) is 668 Å². The molecule has 2 aromatic heterocycles. The summed E-state index contributed by atoms with van der Waals surface area (Å²) in [6.07, 6.45) is -11.1. The lowest BCUT2D eigenvalue weighted by molar-refractivity contribution is -0.205. The molecule has 1 aromatic carbocycles. The van der Waals surface area contributed by atoms with Gasteiger partial charge in [0.1, 0.15) is 67.3 Å². The van der Waals surface area contributed by atoms with Gasteiger partial charge < -0.3 is 164 Å². The third kappa shape index (κ3) is 42.6. The normalized spacial score (nSPS) is 19.7. The van der Waals surface area contributed by atoms with Crippen LogP contribution in [0.15, 0.2) is 12.4 Å². The predicted molar refractivity (Wildman–Crippen MR) is 440 cm³/mol. The average Bonchev–Trinajstić information content (AvgIpc) is 1.04. The fourth-order valence-electron chi connectivity index (χ4n) is 12.2. The summed E-state index contributed by atoms with van der Waals surface area (Å²) in [5, 5.41) is 152. The summed E-state index contributed by atoms with van der Waals surface area (Å²) >= 11 is 1.47. The maximum absolute atomic E-state index is 13.8. The zero-order valence-corrected chi connectivity index (χ0v) is 74.0. The Morgan fingerprint density at radius 3 is 1.24 bits per heavy atom. The number of hydrogen-bond acceptors (Lipinski definition) is 40. The van der Waals surface area contributed by atoms with Gasteiger partial charge in [-0.15, -0.1) is 33.7 Å². The summed E-state index contributed by atoms with van der Waals surface area (Å²) in [7, 11) is 0. The number of aliphatic hydroxyl groups is 10. The largest absolute Gasteiger partial charge is 0.478 e. The molecule has 2 saturated heterocycles. The average molecular weight is 1950 g/mol. The third-order valence-corrected chi connectivity index (χ3v) is 21.6. The van der Waals surface area contributed by atoms with E-state index in [0.29, 0.717) is 37.3 Å².